The third-order valence-corrected chi connectivity index (χ3v) is 9.02. The van der Waals surface area contributed by atoms with Crippen LogP contribution in [0.5, 0.6) is 0 Å². The van der Waals surface area contributed by atoms with Crippen LogP contribution in [-0.2, 0) is 14.6 Å². The molecule has 0 fully saturated rings. The number of sulfone groups is 1. The van der Waals surface area contributed by atoms with Crippen molar-refractivity contribution in [3.63, 3.8) is 0 Å². The Bertz CT molecular complexity index is 1090. The number of rotatable bonds is 7. The molecule has 2 aromatic rings. The van der Waals surface area contributed by atoms with Gasteiger partial charge in [-0.15, -0.1) is 11.8 Å². The van der Waals surface area contributed by atoms with Crippen LogP contribution in [0.4, 0.5) is 15.8 Å². The molecule has 2 aromatic carbocycles. The van der Waals surface area contributed by atoms with Crippen molar-refractivity contribution in [2.45, 2.75) is 49.3 Å². The molecule has 174 valence electrons. The zero-order chi connectivity index (χ0) is 23.5. The molecule has 0 saturated heterocycles. The number of unbranched alkanes of at least 4 members (excludes halogenated alkanes) is 1. The smallest absolute Gasteiger partial charge is 0.339 e. The van der Waals surface area contributed by atoms with Crippen molar-refractivity contribution >= 4 is 38.9 Å². The molecule has 0 saturated carbocycles. The lowest BCUT2D eigenvalue weighted by molar-refractivity contribution is 0.0596. The van der Waals surface area contributed by atoms with Crippen molar-refractivity contribution in [1.82, 2.24) is 0 Å². The largest absolute Gasteiger partial charge is 0.465 e. The second-order valence-corrected chi connectivity index (χ2v) is 11.1. The molecule has 1 atom stereocenters. The molecular weight excluding hydrogens is 449 g/mol. The quantitative estimate of drug-likeness (QED) is 0.367. The van der Waals surface area contributed by atoms with Gasteiger partial charge in [0.1, 0.15) is 5.82 Å². The summed E-state index contributed by atoms with van der Waals surface area (Å²) < 4.78 is 45.9. The van der Waals surface area contributed by atoms with Gasteiger partial charge in [-0.05, 0) is 55.5 Å². The van der Waals surface area contributed by atoms with Crippen molar-refractivity contribution in [2.75, 3.05) is 30.6 Å². The monoisotopic (exact) mass is 479 g/mol. The number of benzene rings is 2. The fourth-order valence-corrected chi connectivity index (χ4v) is 7.12. The van der Waals surface area contributed by atoms with E-state index in [9.17, 15) is 17.6 Å². The summed E-state index contributed by atoms with van der Waals surface area (Å²) in [6.07, 6.45) is 5.18. The molecule has 1 unspecified atom stereocenters. The average molecular weight is 480 g/mol. The summed E-state index contributed by atoms with van der Waals surface area (Å²) in [7, 11) is -2.42. The van der Waals surface area contributed by atoms with E-state index in [4.69, 9.17) is 4.74 Å². The molecule has 0 bridgehead atoms. The molecule has 1 aliphatic rings. The summed E-state index contributed by atoms with van der Waals surface area (Å²) >= 11 is 1.36. The van der Waals surface area contributed by atoms with Crippen molar-refractivity contribution in [3.05, 3.63) is 47.8 Å². The van der Waals surface area contributed by atoms with Gasteiger partial charge in [-0.1, -0.05) is 26.7 Å². The van der Waals surface area contributed by atoms with E-state index in [1.54, 1.807) is 18.2 Å². The van der Waals surface area contributed by atoms with E-state index in [1.807, 2.05) is 18.1 Å². The first-order chi connectivity index (χ1) is 15.2. The van der Waals surface area contributed by atoms with Gasteiger partial charge >= 0.3 is 5.97 Å². The van der Waals surface area contributed by atoms with E-state index in [0.717, 1.165) is 24.9 Å². The van der Waals surface area contributed by atoms with Crippen LogP contribution < -0.4 is 4.90 Å². The van der Waals surface area contributed by atoms with Crippen molar-refractivity contribution < 1.29 is 22.3 Å². The Morgan fingerprint density at radius 2 is 1.91 bits per heavy atom. The number of hydrogen-bond acceptors (Lipinski definition) is 6. The molecule has 0 N–H and O–H groups in total. The van der Waals surface area contributed by atoms with E-state index < -0.39 is 21.2 Å². The lowest BCUT2D eigenvalue weighted by Gasteiger charge is -2.36. The van der Waals surface area contributed by atoms with Gasteiger partial charge in [0.15, 0.2) is 9.84 Å². The number of ether oxygens (including phenoxy) is 1. The number of halogens is 1. The van der Waals surface area contributed by atoms with E-state index in [0.29, 0.717) is 23.5 Å². The Hall–Kier alpha value is -2.06. The minimum atomic E-state index is -3.70. The molecule has 0 aliphatic carbocycles. The van der Waals surface area contributed by atoms with Gasteiger partial charge in [0.2, 0.25) is 0 Å². The summed E-state index contributed by atoms with van der Waals surface area (Å²) in [5.41, 5.74) is 1.00. The fraction of sp³-hybridized carbons (Fsp3) is 0.458. The Labute approximate surface area is 194 Å². The molecule has 0 aromatic heterocycles. The van der Waals surface area contributed by atoms with Crippen LogP contribution in [0, 0.1) is 11.2 Å². The van der Waals surface area contributed by atoms with Gasteiger partial charge in [-0.25, -0.2) is 17.6 Å². The number of carbonyl (C=O) groups excluding carboxylic acids is 1. The lowest BCUT2D eigenvalue weighted by Crippen LogP contribution is -2.37. The topological polar surface area (TPSA) is 63.7 Å². The molecule has 3 rings (SSSR count). The van der Waals surface area contributed by atoms with Crippen LogP contribution in [-0.4, -0.2) is 40.1 Å². The second-order valence-electron chi connectivity index (χ2n) is 8.29. The Morgan fingerprint density at radius 1 is 1.22 bits per heavy atom. The molecule has 0 spiro atoms. The lowest BCUT2D eigenvalue weighted by atomic mass is 9.81. The number of carbonyl (C=O) groups is 1. The zero-order valence-corrected chi connectivity index (χ0v) is 20.6. The maximum absolute atomic E-state index is 13.7. The van der Waals surface area contributed by atoms with E-state index in [-0.39, 0.29) is 22.0 Å². The predicted molar refractivity (Wildman–Crippen MR) is 127 cm³/mol. The number of anilines is 2. The molecule has 5 nitrogen and oxygen atoms in total. The summed E-state index contributed by atoms with van der Waals surface area (Å²) in [6.45, 7) is 4.61. The number of methoxy groups -OCH3 is 1. The second kappa shape index (κ2) is 9.83. The maximum atomic E-state index is 13.7. The van der Waals surface area contributed by atoms with Crippen molar-refractivity contribution in [1.29, 1.82) is 0 Å². The first-order valence-electron chi connectivity index (χ1n) is 10.8. The minimum absolute atomic E-state index is 0.000418. The van der Waals surface area contributed by atoms with Gasteiger partial charge in [0.05, 0.1) is 29.0 Å². The number of hydrogen-bond donors (Lipinski definition) is 0. The SMILES string of the molecule is CCCCC1(CC)CN(c2ccc(F)cc2)c2cc(SC)c(C(=O)OC)cc2S(=O)(=O)C1. The molecule has 1 heterocycles. The van der Waals surface area contributed by atoms with Gasteiger partial charge in [-0.3, -0.25) is 0 Å². The number of fused-ring (bicyclic) bond motifs is 1. The minimum Gasteiger partial charge on any atom is -0.465 e. The third-order valence-electron chi connectivity index (χ3n) is 6.25. The van der Waals surface area contributed by atoms with Gasteiger partial charge in [0, 0.05) is 22.5 Å². The van der Waals surface area contributed by atoms with Crippen LogP contribution >= 0.6 is 11.8 Å². The van der Waals surface area contributed by atoms with Crippen molar-refractivity contribution in [2.24, 2.45) is 5.41 Å². The van der Waals surface area contributed by atoms with Gasteiger partial charge in [0.25, 0.3) is 0 Å². The summed E-state index contributed by atoms with van der Waals surface area (Å²) in [5.74, 6) is -0.923. The van der Waals surface area contributed by atoms with Crippen LogP contribution in [0.1, 0.15) is 49.9 Å². The van der Waals surface area contributed by atoms with Crippen LogP contribution in [0.15, 0.2) is 46.2 Å². The Kier molecular flexibility index (Phi) is 7.55. The Balaban J connectivity index is 2.31. The van der Waals surface area contributed by atoms with Gasteiger partial charge in [-0.2, -0.15) is 0 Å². The summed E-state index contributed by atoms with van der Waals surface area (Å²) in [4.78, 5) is 15.1. The Morgan fingerprint density at radius 3 is 2.47 bits per heavy atom. The average Bonchev–Trinajstić information content (AvgIpc) is 2.89. The number of esters is 1. The molecule has 8 heteroatoms. The number of thioether (sulfide) groups is 1. The normalized spacial score (nSPS) is 19.8. The third kappa shape index (κ3) is 4.81. The molecule has 32 heavy (non-hydrogen) atoms. The van der Waals surface area contributed by atoms with Crippen LogP contribution in [0.2, 0.25) is 0 Å². The standard InChI is InChI=1S/C24H30FNO4S2/c1-5-7-12-24(6-2)15-26(18-10-8-17(25)9-11-18)20-14-21(31-4)19(23(27)30-3)13-22(20)32(28,29)16-24/h8-11,13-14H,5-7,12,15-16H2,1-4H3. The highest BCUT2D eigenvalue weighted by molar-refractivity contribution is 7.98. The molecular formula is C24H30FNO4S2. The molecule has 0 radical (unpaired) electrons. The van der Waals surface area contributed by atoms with Crippen molar-refractivity contribution in [3.8, 4) is 0 Å². The van der Waals surface area contributed by atoms with E-state index >= 15 is 0 Å². The van der Waals surface area contributed by atoms with Crippen LogP contribution in [0.25, 0.3) is 0 Å². The highest BCUT2D eigenvalue weighted by Gasteiger charge is 2.42. The highest BCUT2D eigenvalue weighted by Crippen LogP contribution is 2.45. The van der Waals surface area contributed by atoms with E-state index in [1.165, 1.54) is 37.1 Å². The predicted octanol–water partition coefficient (Wildman–Crippen LogP) is 5.85. The highest BCUT2D eigenvalue weighted by atomic mass is 32.2. The zero-order valence-electron chi connectivity index (χ0n) is 19.0. The van der Waals surface area contributed by atoms with Crippen LogP contribution in [0.3, 0.4) is 0 Å². The molecule has 1 aliphatic heterocycles. The number of nitrogens with zero attached hydrogens (tertiary/aromatic N) is 1. The maximum Gasteiger partial charge on any atom is 0.339 e. The first kappa shape index (κ1) is 24.6. The fourth-order valence-electron chi connectivity index (χ4n) is 4.34. The summed E-state index contributed by atoms with van der Waals surface area (Å²) in [5, 5.41) is 0. The first-order valence-corrected chi connectivity index (χ1v) is 13.6. The molecule has 0 amide bonds. The summed E-state index contributed by atoms with van der Waals surface area (Å²) in [6, 6.07) is 9.30. The van der Waals surface area contributed by atoms with Gasteiger partial charge < -0.3 is 9.64 Å². The van der Waals surface area contributed by atoms with E-state index in [2.05, 4.69) is 6.92 Å².